The zero-order chi connectivity index (χ0) is 97.2. The average Bonchev–Trinajstić information content (AvgIpc) is 1.57. The molecule has 15 aromatic rings. The summed E-state index contributed by atoms with van der Waals surface area (Å²) in [5.74, 6) is -0.510. The summed E-state index contributed by atoms with van der Waals surface area (Å²) in [5, 5.41) is 33.7. The van der Waals surface area contributed by atoms with Crippen molar-refractivity contribution in [1.82, 2.24) is 54.1 Å². The molecule has 5 fully saturated rings. The Labute approximate surface area is 833 Å². The molecule has 0 unspecified atom stereocenters. The van der Waals surface area contributed by atoms with Crippen molar-refractivity contribution in [2.24, 2.45) is 21.1 Å². The van der Waals surface area contributed by atoms with Gasteiger partial charge in [0.25, 0.3) is 0 Å². The quantitative estimate of drug-likeness (QED) is 0.0621. The summed E-state index contributed by atoms with van der Waals surface area (Å²) in [7, 11) is 6.09. The first-order chi connectivity index (χ1) is 66.0. The van der Waals surface area contributed by atoms with Gasteiger partial charge in [0.2, 0.25) is 0 Å². The number of aromatic nitrogens is 9. The zero-order valence-electron chi connectivity index (χ0n) is 81.7. The van der Waals surface area contributed by atoms with Crippen molar-refractivity contribution in [3.05, 3.63) is 211 Å². The standard InChI is InChI=1S/C38H43ClN4O4S.C36H39ClN4O4S.C36H40ClN3O3S/c1-7-46-37(44)34(47-38(3,4)5)31-22(2)18-29-35(32(31)23-8-11-26(39)12-9-23)48-36(40-29)25-10-13-30-28(19-25)33(41-42(30)6)24-14-16-43(17-15-24)27-20-45-21-27;1-20-16-27-33(30(21-6-9-24(37)10-7-21)29(20)32(35(42)43)45-36(2,3)4)46-34(38-27)23-8-11-28-26(17-23)31(39-40(28)5)22-12-14-41(15-13-22)25-18-44-19-25;1-7-42-35(41)32(43-36(3,4)5)29-21(2)19-27-33(30(29)22-13-16-25(37)17-14-22)44-34(38-27)24-15-18-28-26(20-24)31(39-40(28)6)23-11-9-8-10-12-23/h8-13,18-19,24,27,34H,7,14-17,20-21H2,1-6H3;6-11,16-17,22,25,32H,12-15,18-19H2,1-5H3,(H,42,43);13-20,23,32H,7-12H2,1-6H3/t34-;2*32-/m000/s1. The minimum atomic E-state index is -1.15. The summed E-state index contributed by atoms with van der Waals surface area (Å²) in [4.78, 5) is 60.4. The number of nitrogens with zero attached hydrogens (tertiary/aromatic N) is 11. The minimum absolute atomic E-state index is 0.262. The van der Waals surface area contributed by atoms with Crippen molar-refractivity contribution in [3.8, 4) is 65.1 Å². The van der Waals surface area contributed by atoms with Gasteiger partial charge in [-0.05, 0) is 304 Å². The molecule has 1 saturated carbocycles. The number of piperidine rings is 2. The Balaban J connectivity index is 0.000000138. The van der Waals surface area contributed by atoms with Crippen LogP contribution in [0.25, 0.3) is 128 Å². The molecule has 9 aromatic carbocycles. The number of aryl methyl sites for hydroxylation is 6. The van der Waals surface area contributed by atoms with Crippen molar-refractivity contribution in [3.63, 3.8) is 0 Å². The van der Waals surface area contributed by atoms with Crippen LogP contribution >= 0.6 is 68.8 Å². The number of aliphatic carboxylic acids is 1. The molecule has 1 aliphatic carbocycles. The van der Waals surface area contributed by atoms with Crippen LogP contribution < -0.4 is 0 Å². The Bertz CT molecular complexity index is 7050. The number of benzene rings is 9. The Morgan fingerprint density at radius 3 is 0.964 bits per heavy atom. The number of rotatable bonds is 22. The number of hydrogen-bond donors (Lipinski definition) is 1. The summed E-state index contributed by atoms with van der Waals surface area (Å²) < 4.78 is 50.0. The second-order valence-corrected chi connectivity index (χ2v) is 44.6. The van der Waals surface area contributed by atoms with E-state index in [9.17, 15) is 19.5 Å². The zero-order valence-corrected chi connectivity index (χ0v) is 86.4. The highest BCUT2D eigenvalue weighted by atomic mass is 35.5. The van der Waals surface area contributed by atoms with Gasteiger partial charge in [-0.2, -0.15) is 15.3 Å². The van der Waals surface area contributed by atoms with Crippen LogP contribution in [0.15, 0.2) is 146 Å². The third-order valence-corrected chi connectivity index (χ3v) is 31.3. The normalized spacial score (nSPS) is 16.7. The van der Waals surface area contributed by atoms with E-state index in [0.29, 0.717) is 50.5 Å². The largest absolute Gasteiger partial charge is 0.479 e. The number of fused-ring (bicyclic) bond motifs is 6. The van der Waals surface area contributed by atoms with Crippen LogP contribution in [0.2, 0.25) is 15.1 Å². The highest BCUT2D eigenvalue weighted by Gasteiger charge is 2.40. The number of carboxylic acids is 1. The fourth-order valence-electron chi connectivity index (χ4n) is 20.4. The number of likely N-dealkylation sites (tertiary alicyclic amines) is 2. The van der Waals surface area contributed by atoms with Gasteiger partial charge in [0.15, 0.2) is 18.3 Å². The molecule has 0 amide bonds. The summed E-state index contributed by atoms with van der Waals surface area (Å²) in [5.41, 5.74) is 21.1. The first-order valence-electron chi connectivity index (χ1n) is 48.2. The molecule has 0 bridgehead atoms. The number of esters is 2. The van der Waals surface area contributed by atoms with E-state index in [0.717, 1.165) is 224 Å². The van der Waals surface area contributed by atoms with E-state index in [4.69, 9.17) is 98.2 Å². The van der Waals surface area contributed by atoms with Crippen LogP contribution in [-0.4, -0.2) is 172 Å². The summed E-state index contributed by atoms with van der Waals surface area (Å²) in [6.45, 7) is 35.2. The van der Waals surface area contributed by atoms with Gasteiger partial charge in [0, 0.05) is 120 Å². The third kappa shape index (κ3) is 20.8. The fraction of sp³-hybridized carbons (Fsp3) is 0.427. The van der Waals surface area contributed by atoms with E-state index >= 15 is 0 Å². The first-order valence-corrected chi connectivity index (χ1v) is 51.8. The Hall–Kier alpha value is -9.94. The molecule has 10 heterocycles. The molecule has 22 nitrogen and oxygen atoms in total. The Kier molecular flexibility index (Phi) is 28.9. The molecule has 1 N–H and O–H groups in total. The van der Waals surface area contributed by atoms with Crippen molar-refractivity contribution in [2.75, 3.05) is 65.8 Å². The lowest BCUT2D eigenvalue weighted by Gasteiger charge is -2.41. The fourth-order valence-corrected chi connectivity index (χ4v) is 24.1. The summed E-state index contributed by atoms with van der Waals surface area (Å²) in [6, 6.07) is 50.0. The summed E-state index contributed by atoms with van der Waals surface area (Å²) >= 11 is 23.8. The van der Waals surface area contributed by atoms with Crippen LogP contribution in [-0.2, 0) is 68.7 Å². The highest BCUT2D eigenvalue weighted by Crippen LogP contribution is 2.52. The number of carbonyl (C=O) groups excluding carboxylic acids is 2. The monoisotopic (exact) mass is 1970 g/mol. The van der Waals surface area contributed by atoms with Crippen LogP contribution in [0.5, 0.6) is 0 Å². The molecule has 138 heavy (non-hydrogen) atoms. The number of carboxylic acid groups (broad SMARTS) is 1. The number of ether oxygens (including phenoxy) is 7. The van der Waals surface area contributed by atoms with Gasteiger partial charge >= 0.3 is 17.9 Å². The maximum absolute atomic E-state index is 13.5. The molecule has 4 saturated heterocycles. The van der Waals surface area contributed by atoms with E-state index in [1.807, 2.05) is 211 Å². The van der Waals surface area contributed by atoms with Crippen molar-refractivity contribution >= 4 is 150 Å². The number of carbonyl (C=O) groups is 3. The van der Waals surface area contributed by atoms with E-state index in [2.05, 4.69) is 76.5 Å². The van der Waals surface area contributed by atoms with Gasteiger partial charge in [0.05, 0.1) is 133 Å². The van der Waals surface area contributed by atoms with Crippen LogP contribution in [0.4, 0.5) is 0 Å². The maximum atomic E-state index is 13.5. The molecule has 0 radical (unpaired) electrons. The molecule has 3 atom stereocenters. The predicted octanol–water partition coefficient (Wildman–Crippen LogP) is 26.4. The van der Waals surface area contributed by atoms with Crippen molar-refractivity contribution in [1.29, 1.82) is 0 Å². The van der Waals surface area contributed by atoms with Crippen LogP contribution in [0.1, 0.15) is 220 Å². The topological polar surface area (TPSA) is 235 Å². The summed E-state index contributed by atoms with van der Waals surface area (Å²) in [6.07, 6.45) is 7.63. The molecular weight excluding hydrogens is 1850 g/mol. The predicted molar refractivity (Wildman–Crippen MR) is 557 cm³/mol. The first kappa shape index (κ1) is 98.3. The van der Waals surface area contributed by atoms with E-state index in [-0.39, 0.29) is 13.2 Å². The lowest BCUT2D eigenvalue weighted by Crippen LogP contribution is -2.51. The second-order valence-electron chi connectivity index (χ2n) is 40.3. The number of halogens is 3. The molecule has 20 rings (SSSR count). The Morgan fingerprint density at radius 2 is 0.688 bits per heavy atom. The minimum Gasteiger partial charge on any atom is -0.479 e. The molecule has 6 aromatic heterocycles. The lowest BCUT2D eigenvalue weighted by molar-refractivity contribution is -0.167. The van der Waals surface area contributed by atoms with Gasteiger partial charge in [-0.3, -0.25) is 23.8 Å². The van der Waals surface area contributed by atoms with Gasteiger partial charge in [-0.25, -0.2) is 29.3 Å². The van der Waals surface area contributed by atoms with E-state index < -0.39 is 53.0 Å². The molecule has 722 valence electrons. The van der Waals surface area contributed by atoms with E-state index in [1.54, 1.807) is 34.0 Å². The van der Waals surface area contributed by atoms with E-state index in [1.165, 1.54) is 59.7 Å². The van der Waals surface area contributed by atoms with Gasteiger partial charge < -0.3 is 38.3 Å². The highest BCUT2D eigenvalue weighted by molar-refractivity contribution is 7.23. The smallest absolute Gasteiger partial charge is 0.339 e. The molecular formula is C110H122Cl3N11O11S3. The van der Waals surface area contributed by atoms with Gasteiger partial charge in [-0.15, -0.1) is 34.0 Å². The van der Waals surface area contributed by atoms with Crippen LogP contribution in [0, 0.1) is 20.8 Å². The molecule has 4 aliphatic heterocycles. The van der Waals surface area contributed by atoms with Crippen LogP contribution in [0.3, 0.4) is 0 Å². The van der Waals surface area contributed by atoms with Gasteiger partial charge in [-0.1, -0.05) is 90.5 Å². The lowest BCUT2D eigenvalue weighted by atomic mass is 9.86. The van der Waals surface area contributed by atoms with Crippen molar-refractivity contribution < 1.29 is 52.6 Å². The Morgan fingerprint density at radius 1 is 0.406 bits per heavy atom. The average molecular weight is 1980 g/mol. The third-order valence-electron chi connectivity index (χ3n) is 27.1. The van der Waals surface area contributed by atoms with Crippen molar-refractivity contribution in [2.45, 2.75) is 220 Å². The van der Waals surface area contributed by atoms with Gasteiger partial charge in [0.1, 0.15) is 15.0 Å². The second kappa shape index (κ2) is 40.6. The molecule has 28 heteroatoms. The SMILES string of the molecule is CCOC(=O)[C@@H](OC(C)(C)C)c1c(C)cc2nc(-c3ccc4c(c3)c(C3CCCCC3)nn4C)sc2c1-c1ccc(Cl)cc1.CCOC(=O)[C@@H](OC(C)(C)C)c1c(C)cc2nc(-c3ccc4c(c3)c(C3CCN(C5COC5)CC3)nn4C)sc2c1-c1ccc(Cl)cc1.Cc1cc2nc(-c3ccc4c(c3)c(C3CCN(C5COC5)CC3)nn4C)sc2c(-c2ccc(Cl)cc2)c1[C@H](OC(C)(C)C)C(=O)O. The molecule has 0 spiro atoms. The number of thiazole rings is 3. The number of hydrogen-bond acceptors (Lipinski definition) is 21. The maximum Gasteiger partial charge on any atom is 0.339 e. The molecule has 5 aliphatic rings.